The predicted molar refractivity (Wildman–Crippen MR) is 65.2 cm³/mol. The van der Waals surface area contributed by atoms with Crippen molar-refractivity contribution in [2.24, 2.45) is 5.73 Å². The van der Waals surface area contributed by atoms with Crippen molar-refractivity contribution in [1.82, 2.24) is 9.97 Å². The molecule has 1 rings (SSSR count). The molecule has 0 spiro atoms. The summed E-state index contributed by atoms with van der Waals surface area (Å²) in [6.07, 6.45) is 1.57. The molecule has 0 saturated carbocycles. The van der Waals surface area contributed by atoms with Crippen LogP contribution in [0.5, 0.6) is 0 Å². The van der Waals surface area contributed by atoms with Gasteiger partial charge < -0.3 is 15.8 Å². The van der Waals surface area contributed by atoms with E-state index in [1.807, 2.05) is 6.92 Å². The van der Waals surface area contributed by atoms with Crippen LogP contribution in [0, 0.1) is 0 Å². The Kier molecular flexibility index (Phi) is 5.17. The lowest BCUT2D eigenvalue weighted by atomic mass is 10.2. The summed E-state index contributed by atoms with van der Waals surface area (Å²) in [6, 6.07) is 1.42. The van der Waals surface area contributed by atoms with Crippen LogP contribution in [0.15, 0.2) is 16.0 Å². The molecule has 17 heavy (non-hydrogen) atoms. The number of nitrogens with one attached hydrogen (secondary N) is 1. The van der Waals surface area contributed by atoms with E-state index in [4.69, 9.17) is 10.8 Å². The summed E-state index contributed by atoms with van der Waals surface area (Å²) < 4.78 is 0. The van der Waals surface area contributed by atoms with E-state index in [0.29, 0.717) is 17.3 Å². The number of thioether (sulfide) groups is 1. The second kappa shape index (κ2) is 6.41. The van der Waals surface area contributed by atoms with E-state index in [1.54, 1.807) is 0 Å². The fourth-order valence-electron chi connectivity index (χ4n) is 1.26. The first-order chi connectivity index (χ1) is 8.06. The van der Waals surface area contributed by atoms with Gasteiger partial charge in [0.15, 0.2) is 5.16 Å². The Bertz CT molecular complexity index is 447. The first-order valence-corrected chi connectivity index (χ1v) is 6.14. The molecule has 1 unspecified atom stereocenters. The second-order valence-corrected chi connectivity index (χ2v) is 4.66. The maximum Gasteiger partial charge on any atom is 0.318 e. The average molecular weight is 257 g/mol. The Hall–Kier alpha value is -1.34. The number of carboxylic acids is 1. The quantitative estimate of drug-likeness (QED) is 0.497. The van der Waals surface area contributed by atoms with E-state index in [-0.39, 0.29) is 12.1 Å². The third kappa shape index (κ3) is 4.20. The number of nitrogens with two attached hydrogens (primary N) is 1. The summed E-state index contributed by atoms with van der Waals surface area (Å²) in [5.41, 5.74) is 5.73. The average Bonchev–Trinajstić information content (AvgIpc) is 2.25. The summed E-state index contributed by atoms with van der Waals surface area (Å²) >= 11 is 0.960. The van der Waals surface area contributed by atoms with Crippen molar-refractivity contribution in [2.75, 3.05) is 6.54 Å². The minimum Gasteiger partial charge on any atom is -0.480 e. The molecule has 0 radical (unpaired) electrons. The number of carboxylic acid groups (broad SMARTS) is 1. The number of nitrogens with zero attached hydrogens (tertiary/aromatic N) is 1. The number of H-pyrrole nitrogens is 1. The van der Waals surface area contributed by atoms with Crippen LogP contribution in [0.3, 0.4) is 0 Å². The largest absolute Gasteiger partial charge is 0.480 e. The van der Waals surface area contributed by atoms with E-state index < -0.39 is 11.2 Å². The molecule has 4 N–H and O–H groups in total. The maximum absolute atomic E-state index is 11.3. The number of carbonyl (C=O) groups is 1. The van der Waals surface area contributed by atoms with Gasteiger partial charge in [-0.3, -0.25) is 9.59 Å². The zero-order chi connectivity index (χ0) is 12.8. The van der Waals surface area contributed by atoms with Gasteiger partial charge in [-0.1, -0.05) is 25.1 Å². The molecule has 1 aromatic rings. The number of hydrogen-bond acceptors (Lipinski definition) is 5. The van der Waals surface area contributed by atoms with E-state index in [2.05, 4.69) is 9.97 Å². The minimum absolute atomic E-state index is 0.0122. The molecule has 1 heterocycles. The van der Waals surface area contributed by atoms with Crippen molar-refractivity contribution in [1.29, 1.82) is 0 Å². The summed E-state index contributed by atoms with van der Waals surface area (Å²) in [5, 5.41) is 8.36. The molecule has 1 atom stereocenters. The highest BCUT2D eigenvalue weighted by molar-refractivity contribution is 8.00. The number of aromatic nitrogens is 2. The Morgan fingerprint density at radius 1 is 1.71 bits per heavy atom. The number of aliphatic carboxylic acids is 1. The van der Waals surface area contributed by atoms with Gasteiger partial charge in [0.05, 0.1) is 0 Å². The summed E-state index contributed by atoms with van der Waals surface area (Å²) in [6.45, 7) is 1.97. The molecule has 0 aliphatic carbocycles. The van der Waals surface area contributed by atoms with Gasteiger partial charge >= 0.3 is 5.97 Å². The van der Waals surface area contributed by atoms with Gasteiger partial charge in [-0.2, -0.15) is 0 Å². The maximum atomic E-state index is 11.3. The van der Waals surface area contributed by atoms with Gasteiger partial charge in [-0.25, -0.2) is 4.98 Å². The third-order valence-corrected chi connectivity index (χ3v) is 3.12. The van der Waals surface area contributed by atoms with Crippen LogP contribution in [-0.2, 0) is 11.2 Å². The molecule has 0 aromatic carbocycles. The summed E-state index contributed by atoms with van der Waals surface area (Å²) in [7, 11) is 0. The summed E-state index contributed by atoms with van der Waals surface area (Å²) in [4.78, 5) is 28.8. The smallest absolute Gasteiger partial charge is 0.318 e. The van der Waals surface area contributed by atoms with Gasteiger partial charge in [0, 0.05) is 18.3 Å². The van der Waals surface area contributed by atoms with Crippen molar-refractivity contribution in [3.05, 3.63) is 22.1 Å². The first-order valence-electron chi connectivity index (χ1n) is 5.26. The molecular weight excluding hydrogens is 242 g/mol. The molecule has 0 amide bonds. The SMILES string of the molecule is CCCc1cc(=O)[nH]c(SC(CN)C(=O)O)n1. The third-order valence-electron chi connectivity index (χ3n) is 2.02. The molecule has 1 aromatic heterocycles. The van der Waals surface area contributed by atoms with Crippen LogP contribution in [0.1, 0.15) is 19.0 Å². The van der Waals surface area contributed by atoms with Crippen LogP contribution in [0.4, 0.5) is 0 Å². The van der Waals surface area contributed by atoms with Crippen molar-refractivity contribution in [2.45, 2.75) is 30.2 Å². The van der Waals surface area contributed by atoms with Crippen LogP contribution in [-0.4, -0.2) is 32.8 Å². The summed E-state index contributed by atoms with van der Waals surface area (Å²) in [5.74, 6) is -1.01. The normalized spacial score (nSPS) is 12.4. The molecule has 6 nitrogen and oxygen atoms in total. The van der Waals surface area contributed by atoms with E-state index >= 15 is 0 Å². The standard InChI is InChI=1S/C10H15N3O3S/c1-2-3-6-4-8(14)13-10(12-6)17-7(5-11)9(15)16/h4,7H,2-3,5,11H2,1H3,(H,15,16)(H,12,13,14). The Morgan fingerprint density at radius 3 is 2.94 bits per heavy atom. The van der Waals surface area contributed by atoms with Crippen molar-refractivity contribution in [3.63, 3.8) is 0 Å². The highest BCUT2D eigenvalue weighted by Crippen LogP contribution is 2.18. The Morgan fingerprint density at radius 2 is 2.41 bits per heavy atom. The molecule has 0 aliphatic rings. The van der Waals surface area contributed by atoms with Crippen LogP contribution < -0.4 is 11.3 Å². The lowest BCUT2D eigenvalue weighted by Crippen LogP contribution is -2.26. The fourth-order valence-corrected chi connectivity index (χ4v) is 2.05. The molecule has 7 heteroatoms. The highest BCUT2D eigenvalue weighted by Gasteiger charge is 2.18. The van der Waals surface area contributed by atoms with Crippen molar-refractivity contribution in [3.8, 4) is 0 Å². The Balaban J connectivity index is 2.90. The first kappa shape index (κ1) is 13.7. The Labute approximate surface area is 103 Å². The zero-order valence-electron chi connectivity index (χ0n) is 9.47. The van der Waals surface area contributed by atoms with Crippen molar-refractivity contribution < 1.29 is 9.90 Å². The molecule has 0 aliphatic heterocycles. The predicted octanol–water partition coefficient (Wildman–Crippen LogP) is 0.226. The topological polar surface area (TPSA) is 109 Å². The van der Waals surface area contributed by atoms with Crippen LogP contribution in [0.25, 0.3) is 0 Å². The van der Waals surface area contributed by atoms with Gasteiger partial charge in [0.25, 0.3) is 5.56 Å². The lowest BCUT2D eigenvalue weighted by Gasteiger charge is -2.08. The zero-order valence-corrected chi connectivity index (χ0v) is 10.3. The van der Waals surface area contributed by atoms with Gasteiger partial charge in [-0.15, -0.1) is 0 Å². The fraction of sp³-hybridized carbons (Fsp3) is 0.500. The second-order valence-electron chi connectivity index (χ2n) is 3.47. The lowest BCUT2D eigenvalue weighted by molar-refractivity contribution is -0.136. The molecular formula is C10H15N3O3S. The monoisotopic (exact) mass is 257 g/mol. The van der Waals surface area contributed by atoms with Crippen LogP contribution in [0.2, 0.25) is 0 Å². The number of aryl methyl sites for hydroxylation is 1. The molecule has 94 valence electrons. The number of hydrogen-bond donors (Lipinski definition) is 3. The van der Waals surface area contributed by atoms with Gasteiger partial charge in [0.1, 0.15) is 5.25 Å². The van der Waals surface area contributed by atoms with Crippen LogP contribution >= 0.6 is 11.8 Å². The van der Waals surface area contributed by atoms with E-state index in [9.17, 15) is 9.59 Å². The molecule has 0 fully saturated rings. The van der Waals surface area contributed by atoms with Gasteiger partial charge in [0.2, 0.25) is 0 Å². The highest BCUT2D eigenvalue weighted by atomic mass is 32.2. The number of aromatic amines is 1. The van der Waals surface area contributed by atoms with E-state index in [0.717, 1.165) is 18.2 Å². The van der Waals surface area contributed by atoms with Crippen molar-refractivity contribution >= 4 is 17.7 Å². The molecule has 0 saturated heterocycles. The number of rotatable bonds is 6. The minimum atomic E-state index is -1.01. The van der Waals surface area contributed by atoms with E-state index in [1.165, 1.54) is 6.07 Å². The molecule has 0 bridgehead atoms. The van der Waals surface area contributed by atoms with Gasteiger partial charge in [-0.05, 0) is 6.42 Å².